The monoisotopic (exact) mass is 470 g/mol. The molecule has 0 spiro atoms. The van der Waals surface area contributed by atoms with Crippen LogP contribution in [0.2, 0.25) is 0 Å². The van der Waals surface area contributed by atoms with Crippen LogP contribution in [0.5, 0.6) is 11.5 Å². The summed E-state index contributed by atoms with van der Waals surface area (Å²) >= 11 is 0. The Kier molecular flexibility index (Phi) is 9.21. The van der Waals surface area contributed by atoms with E-state index in [4.69, 9.17) is 14.2 Å². The van der Waals surface area contributed by atoms with Crippen LogP contribution in [0.15, 0.2) is 82.6 Å². The third-order valence-corrected chi connectivity index (χ3v) is 5.66. The van der Waals surface area contributed by atoms with E-state index >= 15 is 0 Å². The molecule has 0 radical (unpaired) electrons. The highest BCUT2D eigenvalue weighted by atomic mass is 32.2. The van der Waals surface area contributed by atoms with E-state index < -0.39 is 43.3 Å². The minimum absolute atomic E-state index is 0.262. The fraction of sp³-hybridized carbons (Fsp3) is 0.200. The van der Waals surface area contributed by atoms with Crippen molar-refractivity contribution < 1.29 is 40.2 Å². The average molecular weight is 471 g/mol. The number of rotatable bonds is 12. The smallest absolute Gasteiger partial charge is 0.293 e. The lowest BCUT2D eigenvalue weighted by Crippen LogP contribution is -2.13. The molecule has 0 aliphatic heterocycles. The summed E-state index contributed by atoms with van der Waals surface area (Å²) in [5, 5.41) is 0. The quantitative estimate of drug-likeness (QED) is 0.354. The highest BCUT2D eigenvalue weighted by molar-refractivity contribution is 7.90. The lowest BCUT2D eigenvalue weighted by Gasteiger charge is -2.09. The van der Waals surface area contributed by atoms with Crippen LogP contribution >= 0.6 is 0 Å². The molecule has 11 heteroatoms. The van der Waals surface area contributed by atoms with Gasteiger partial charge >= 0.3 is 0 Å². The summed E-state index contributed by atoms with van der Waals surface area (Å²) in [7, 11) is -9.03. The van der Waals surface area contributed by atoms with Crippen molar-refractivity contribution >= 4 is 20.2 Å². The van der Waals surface area contributed by atoms with Gasteiger partial charge in [-0.3, -0.25) is 9.11 Å². The van der Waals surface area contributed by atoms with Crippen LogP contribution in [-0.4, -0.2) is 52.4 Å². The van der Waals surface area contributed by atoms with Gasteiger partial charge in [0, 0.05) is 0 Å². The molecule has 0 fully saturated rings. The van der Waals surface area contributed by atoms with Crippen molar-refractivity contribution in [2.75, 3.05) is 26.4 Å². The Morgan fingerprint density at radius 1 is 0.677 bits per heavy atom. The van der Waals surface area contributed by atoms with Crippen LogP contribution < -0.4 is 9.47 Å². The maximum Gasteiger partial charge on any atom is 0.293 e. The third kappa shape index (κ3) is 9.32. The lowest BCUT2D eigenvalue weighted by atomic mass is 10.3. The molecule has 0 bridgehead atoms. The molecule has 0 amide bonds. The van der Waals surface area contributed by atoms with E-state index in [1.165, 1.54) is 0 Å². The van der Waals surface area contributed by atoms with Crippen LogP contribution in [0.3, 0.4) is 0 Å². The van der Waals surface area contributed by atoms with E-state index in [-0.39, 0.29) is 13.2 Å². The second-order valence-corrected chi connectivity index (χ2v) is 8.98. The van der Waals surface area contributed by atoms with E-state index in [9.17, 15) is 25.9 Å². The first-order chi connectivity index (χ1) is 14.7. The fourth-order valence-electron chi connectivity index (χ4n) is 2.19. The van der Waals surface area contributed by atoms with Gasteiger partial charge in [0.05, 0.1) is 13.2 Å². The first-order valence-corrected chi connectivity index (χ1v) is 11.8. The standard InChI is InChI=1S/C20H22O9S2/c21-30(22,23)19(15-28-17-7-3-1-4-8-17)11-13-27-14-12-20(31(24,25)26)16-29-18-9-5-2-6-10-18/h1-12H,13-16H2,(H,21,22,23)(H,24,25,26). The number of hydrogen-bond acceptors (Lipinski definition) is 7. The molecule has 9 nitrogen and oxygen atoms in total. The molecule has 2 rings (SSSR count). The van der Waals surface area contributed by atoms with Crippen molar-refractivity contribution in [2.24, 2.45) is 0 Å². The van der Waals surface area contributed by atoms with Crippen molar-refractivity contribution in [3.63, 3.8) is 0 Å². The maximum atomic E-state index is 11.5. The first-order valence-electron chi connectivity index (χ1n) is 8.93. The van der Waals surface area contributed by atoms with Gasteiger partial charge in [0.1, 0.15) is 34.5 Å². The Hall–Kier alpha value is -2.70. The molecule has 31 heavy (non-hydrogen) atoms. The minimum atomic E-state index is -4.52. The molecular formula is C20H22O9S2. The zero-order valence-electron chi connectivity index (χ0n) is 16.3. The highest BCUT2D eigenvalue weighted by Gasteiger charge is 2.16. The van der Waals surface area contributed by atoms with Gasteiger partial charge in [-0.2, -0.15) is 16.8 Å². The molecule has 0 heterocycles. The van der Waals surface area contributed by atoms with E-state index in [1.54, 1.807) is 60.7 Å². The molecular weight excluding hydrogens is 448 g/mol. The molecule has 0 unspecified atom stereocenters. The summed E-state index contributed by atoms with van der Waals surface area (Å²) in [4.78, 5) is -0.828. The minimum Gasteiger partial charge on any atom is -0.488 e. The molecule has 168 valence electrons. The zero-order valence-corrected chi connectivity index (χ0v) is 18.0. The van der Waals surface area contributed by atoms with Crippen LogP contribution in [0.4, 0.5) is 0 Å². The summed E-state index contributed by atoms with van der Waals surface area (Å²) < 4.78 is 80.4. The van der Waals surface area contributed by atoms with Crippen LogP contribution in [0.25, 0.3) is 0 Å². The Balaban J connectivity index is 1.93. The normalized spacial score (nSPS) is 13.1. The number of ether oxygens (including phenoxy) is 3. The Bertz CT molecular complexity index is 1000. The summed E-state index contributed by atoms with van der Waals surface area (Å²) in [6.07, 6.45) is 2.19. The summed E-state index contributed by atoms with van der Waals surface area (Å²) in [6, 6.07) is 16.8. The summed E-state index contributed by atoms with van der Waals surface area (Å²) in [5.41, 5.74) is 0. The Morgan fingerprint density at radius 3 is 1.35 bits per heavy atom. The number of benzene rings is 2. The summed E-state index contributed by atoms with van der Waals surface area (Å²) in [5.74, 6) is 0.828. The molecule has 0 atom stereocenters. The Morgan fingerprint density at radius 2 is 1.03 bits per heavy atom. The van der Waals surface area contributed by atoms with Gasteiger partial charge in [-0.15, -0.1) is 0 Å². The van der Waals surface area contributed by atoms with E-state index in [2.05, 4.69) is 0 Å². The molecule has 0 saturated carbocycles. The second kappa shape index (κ2) is 11.6. The van der Waals surface area contributed by atoms with Gasteiger partial charge in [-0.25, -0.2) is 0 Å². The predicted molar refractivity (Wildman–Crippen MR) is 114 cm³/mol. The fourth-order valence-corrected chi connectivity index (χ4v) is 3.16. The van der Waals surface area contributed by atoms with Gasteiger partial charge in [0.2, 0.25) is 0 Å². The predicted octanol–water partition coefficient (Wildman–Crippen LogP) is 2.70. The maximum absolute atomic E-state index is 11.5. The van der Waals surface area contributed by atoms with Crippen LogP contribution in [0, 0.1) is 0 Å². The Labute approximate surface area is 181 Å². The van der Waals surface area contributed by atoms with Crippen LogP contribution in [0.1, 0.15) is 0 Å². The van der Waals surface area contributed by atoms with Crippen molar-refractivity contribution in [1.82, 2.24) is 0 Å². The van der Waals surface area contributed by atoms with E-state index in [1.807, 2.05) is 0 Å². The molecule has 0 aliphatic rings. The molecule has 0 aromatic heterocycles. The number of para-hydroxylation sites is 2. The average Bonchev–Trinajstić information content (AvgIpc) is 2.71. The zero-order chi connectivity index (χ0) is 22.7. The number of hydrogen-bond donors (Lipinski definition) is 2. The molecule has 2 aromatic rings. The van der Waals surface area contributed by atoms with Crippen molar-refractivity contribution in [1.29, 1.82) is 0 Å². The summed E-state index contributed by atoms with van der Waals surface area (Å²) in [6.45, 7) is -1.35. The SMILES string of the molecule is O=S(=O)(O)C(=CCOCC=C(COc1ccccc1)S(=O)(=O)O)COc1ccccc1. The topological polar surface area (TPSA) is 136 Å². The van der Waals surface area contributed by atoms with Gasteiger partial charge in [0.15, 0.2) is 0 Å². The van der Waals surface area contributed by atoms with Gasteiger partial charge in [-0.05, 0) is 36.4 Å². The molecule has 2 N–H and O–H groups in total. The van der Waals surface area contributed by atoms with Crippen molar-refractivity contribution in [3.8, 4) is 11.5 Å². The van der Waals surface area contributed by atoms with Crippen molar-refractivity contribution in [3.05, 3.63) is 82.6 Å². The van der Waals surface area contributed by atoms with Crippen molar-refractivity contribution in [2.45, 2.75) is 0 Å². The lowest BCUT2D eigenvalue weighted by molar-refractivity contribution is 0.192. The van der Waals surface area contributed by atoms with Gasteiger partial charge < -0.3 is 14.2 Å². The first kappa shape index (κ1) is 24.6. The molecule has 0 aliphatic carbocycles. The molecule has 0 saturated heterocycles. The van der Waals surface area contributed by atoms with Crippen LogP contribution in [-0.2, 0) is 25.0 Å². The second-order valence-electron chi connectivity index (χ2n) is 6.03. The van der Waals surface area contributed by atoms with Gasteiger partial charge in [0.25, 0.3) is 20.2 Å². The van der Waals surface area contributed by atoms with Gasteiger partial charge in [-0.1, -0.05) is 36.4 Å². The highest BCUT2D eigenvalue weighted by Crippen LogP contribution is 2.14. The largest absolute Gasteiger partial charge is 0.488 e. The molecule has 2 aromatic carbocycles. The van der Waals surface area contributed by atoms with E-state index in [0.717, 1.165) is 12.2 Å². The third-order valence-electron chi connectivity index (χ3n) is 3.77. The van der Waals surface area contributed by atoms with E-state index in [0.29, 0.717) is 11.5 Å².